The Kier molecular flexibility index (Phi) is 5.01. The number of fused-ring (bicyclic) bond motifs is 1. The van der Waals surface area contributed by atoms with Crippen molar-refractivity contribution in [1.29, 1.82) is 0 Å². The van der Waals surface area contributed by atoms with Crippen LogP contribution < -0.4 is 5.32 Å². The van der Waals surface area contributed by atoms with Gasteiger partial charge in [0, 0.05) is 39.6 Å². The molecule has 3 rings (SSSR count). The van der Waals surface area contributed by atoms with Crippen LogP contribution in [-0.4, -0.2) is 16.6 Å². The monoisotopic (exact) mass is 314 g/mol. The lowest BCUT2D eigenvalue weighted by Crippen LogP contribution is -2.08. The fourth-order valence-corrected chi connectivity index (χ4v) is 2.72. The molecule has 1 aliphatic heterocycles. The Morgan fingerprint density at radius 1 is 1.39 bits per heavy atom. The van der Waals surface area contributed by atoms with Gasteiger partial charge in [-0.2, -0.15) is 0 Å². The highest BCUT2D eigenvalue weighted by Gasteiger charge is 2.17. The summed E-state index contributed by atoms with van der Waals surface area (Å²) in [5, 5.41) is 11.1. The number of allylic oxidation sites excluding steroid dienone is 3. The third kappa shape index (κ3) is 3.18. The number of carbonyl (C=O) groups is 1. The quantitative estimate of drug-likeness (QED) is 0.737. The number of aryl methyl sites for hydroxylation is 2. The topological polar surface area (TPSA) is 65.1 Å². The summed E-state index contributed by atoms with van der Waals surface area (Å²) in [6, 6.07) is 3.52. The Labute approximate surface area is 134 Å². The van der Waals surface area contributed by atoms with Gasteiger partial charge in [0.1, 0.15) is 5.82 Å². The van der Waals surface area contributed by atoms with Gasteiger partial charge in [0.25, 0.3) is 6.47 Å². The summed E-state index contributed by atoms with van der Waals surface area (Å²) in [4.78, 5) is 11.6. The van der Waals surface area contributed by atoms with Crippen molar-refractivity contribution >= 4 is 22.9 Å². The second-order valence-electron chi connectivity index (χ2n) is 5.14. The number of halogens is 1. The lowest BCUT2D eigenvalue weighted by atomic mass is 9.97. The fourth-order valence-electron chi connectivity index (χ4n) is 2.72. The average molecular weight is 314 g/mol. The van der Waals surface area contributed by atoms with Crippen LogP contribution in [0, 0.1) is 12.7 Å². The zero-order valence-corrected chi connectivity index (χ0v) is 13.1. The normalized spacial score (nSPS) is 13.2. The Morgan fingerprint density at radius 3 is 2.70 bits per heavy atom. The van der Waals surface area contributed by atoms with Gasteiger partial charge in [0.2, 0.25) is 0 Å². The van der Waals surface area contributed by atoms with Crippen LogP contribution in [0.3, 0.4) is 0 Å². The molecular weight excluding hydrogens is 295 g/mol. The maximum absolute atomic E-state index is 13.9. The number of nitrogens with one attached hydrogen (secondary N) is 2. The van der Waals surface area contributed by atoms with Crippen molar-refractivity contribution in [3.8, 4) is 0 Å². The summed E-state index contributed by atoms with van der Waals surface area (Å²) < 4.78 is 13.9. The summed E-state index contributed by atoms with van der Waals surface area (Å²) in [6.45, 7) is 7.76. The van der Waals surface area contributed by atoms with E-state index < -0.39 is 0 Å². The van der Waals surface area contributed by atoms with E-state index in [2.05, 4.69) is 16.9 Å². The molecule has 1 aromatic carbocycles. The Bertz CT molecular complexity index is 816. The summed E-state index contributed by atoms with van der Waals surface area (Å²) in [6.07, 6.45) is 6.52. The van der Waals surface area contributed by atoms with Crippen LogP contribution >= 0.6 is 0 Å². The molecule has 0 spiro atoms. The standard InChI is InChI=1S/C17H17FN2.CH2O2/c1-4-12-8-14-16(9-15(12)18)20-11(3)17(14)13-6-5-7-19-10(13)2;2-1-3/h5-9,19-20H,2,4H2,1,3H3;1H,(H,2,3). The van der Waals surface area contributed by atoms with Crippen LogP contribution in [0.2, 0.25) is 0 Å². The van der Waals surface area contributed by atoms with Gasteiger partial charge in [-0.05, 0) is 37.1 Å². The van der Waals surface area contributed by atoms with Crippen molar-refractivity contribution in [3.63, 3.8) is 0 Å². The molecule has 4 nitrogen and oxygen atoms in total. The van der Waals surface area contributed by atoms with Crippen LogP contribution in [0.25, 0.3) is 16.5 Å². The smallest absolute Gasteiger partial charge is 0.290 e. The van der Waals surface area contributed by atoms with Crippen LogP contribution in [-0.2, 0) is 11.2 Å². The molecule has 0 fully saturated rings. The van der Waals surface area contributed by atoms with Gasteiger partial charge in [0.15, 0.2) is 0 Å². The number of hydrogen-bond acceptors (Lipinski definition) is 2. The molecule has 1 aliphatic rings. The predicted octanol–water partition coefficient (Wildman–Crippen LogP) is 3.89. The van der Waals surface area contributed by atoms with E-state index in [9.17, 15) is 4.39 Å². The largest absolute Gasteiger partial charge is 0.483 e. The fraction of sp³-hybridized carbons (Fsp3) is 0.167. The minimum atomic E-state index is -0.250. The molecule has 120 valence electrons. The van der Waals surface area contributed by atoms with E-state index in [0.717, 1.165) is 39.0 Å². The Hall–Kier alpha value is -2.82. The highest BCUT2D eigenvalue weighted by Crippen LogP contribution is 2.34. The number of carboxylic acid groups (broad SMARTS) is 1. The SMILES string of the molecule is C=C1NC=CC=C1c1c(C)[nH]c2cc(F)c(CC)cc12.O=CO. The third-order valence-corrected chi connectivity index (χ3v) is 3.75. The molecule has 3 N–H and O–H groups in total. The number of dihydropyridines is 1. The van der Waals surface area contributed by atoms with Crippen molar-refractivity contribution in [3.05, 3.63) is 65.4 Å². The summed E-state index contributed by atoms with van der Waals surface area (Å²) >= 11 is 0. The second-order valence-corrected chi connectivity index (χ2v) is 5.14. The van der Waals surface area contributed by atoms with Crippen LogP contribution in [0.5, 0.6) is 0 Å². The molecule has 0 atom stereocenters. The number of rotatable bonds is 2. The maximum atomic E-state index is 13.9. The second kappa shape index (κ2) is 6.96. The molecule has 2 heterocycles. The number of aromatic nitrogens is 1. The van der Waals surface area contributed by atoms with Gasteiger partial charge in [0.05, 0.1) is 0 Å². The van der Waals surface area contributed by atoms with Gasteiger partial charge in [-0.25, -0.2) is 4.39 Å². The average Bonchev–Trinajstić information content (AvgIpc) is 2.82. The molecular formula is C18H19FN2O2. The van der Waals surface area contributed by atoms with E-state index in [1.54, 1.807) is 6.07 Å². The number of aromatic amines is 1. The van der Waals surface area contributed by atoms with Crippen LogP contribution in [0.15, 0.2) is 42.8 Å². The van der Waals surface area contributed by atoms with Crippen molar-refractivity contribution in [2.24, 2.45) is 0 Å². The summed E-state index contributed by atoms with van der Waals surface area (Å²) in [5.41, 5.74) is 5.59. The van der Waals surface area contributed by atoms with E-state index in [1.165, 1.54) is 0 Å². The Morgan fingerprint density at radius 2 is 2.09 bits per heavy atom. The first-order valence-corrected chi connectivity index (χ1v) is 7.25. The van der Waals surface area contributed by atoms with Crippen molar-refractivity contribution in [2.45, 2.75) is 20.3 Å². The molecule has 23 heavy (non-hydrogen) atoms. The number of hydrogen-bond donors (Lipinski definition) is 3. The number of H-pyrrole nitrogens is 1. The van der Waals surface area contributed by atoms with E-state index in [4.69, 9.17) is 9.90 Å². The van der Waals surface area contributed by atoms with Gasteiger partial charge in [-0.1, -0.05) is 19.6 Å². The highest BCUT2D eigenvalue weighted by molar-refractivity contribution is 5.99. The van der Waals surface area contributed by atoms with Crippen LogP contribution in [0.4, 0.5) is 4.39 Å². The van der Waals surface area contributed by atoms with E-state index >= 15 is 0 Å². The third-order valence-electron chi connectivity index (χ3n) is 3.75. The first-order valence-electron chi connectivity index (χ1n) is 7.25. The predicted molar refractivity (Wildman–Crippen MR) is 90.5 cm³/mol. The lowest BCUT2D eigenvalue weighted by Gasteiger charge is -2.14. The Balaban J connectivity index is 0.000000595. The molecule has 0 amide bonds. The summed E-state index contributed by atoms with van der Waals surface area (Å²) in [5.74, 6) is -0.151. The molecule has 0 aliphatic carbocycles. The first-order chi connectivity index (χ1) is 11.0. The molecule has 0 saturated carbocycles. The highest BCUT2D eigenvalue weighted by atomic mass is 19.1. The summed E-state index contributed by atoms with van der Waals surface area (Å²) in [7, 11) is 0. The van der Waals surface area contributed by atoms with Crippen molar-refractivity contribution in [1.82, 2.24) is 10.3 Å². The zero-order valence-electron chi connectivity index (χ0n) is 13.1. The lowest BCUT2D eigenvalue weighted by molar-refractivity contribution is -0.122. The van der Waals surface area contributed by atoms with Gasteiger partial charge >= 0.3 is 0 Å². The van der Waals surface area contributed by atoms with Gasteiger partial charge in [-0.3, -0.25) is 4.79 Å². The minimum absolute atomic E-state index is 0.151. The van der Waals surface area contributed by atoms with E-state index in [-0.39, 0.29) is 12.3 Å². The van der Waals surface area contributed by atoms with Gasteiger partial charge < -0.3 is 15.4 Å². The molecule has 0 radical (unpaired) electrons. The maximum Gasteiger partial charge on any atom is 0.290 e. The van der Waals surface area contributed by atoms with Crippen molar-refractivity contribution < 1.29 is 14.3 Å². The molecule has 0 saturated heterocycles. The van der Waals surface area contributed by atoms with Crippen LogP contribution in [0.1, 0.15) is 23.7 Å². The van der Waals surface area contributed by atoms with E-state index in [0.29, 0.717) is 6.42 Å². The molecule has 0 unspecified atom stereocenters. The zero-order chi connectivity index (χ0) is 17.0. The molecule has 1 aromatic heterocycles. The molecule has 2 aromatic rings. The number of benzene rings is 1. The minimum Gasteiger partial charge on any atom is -0.483 e. The van der Waals surface area contributed by atoms with Crippen molar-refractivity contribution in [2.75, 3.05) is 0 Å². The molecule has 5 heteroatoms. The van der Waals surface area contributed by atoms with E-state index in [1.807, 2.05) is 38.3 Å². The first kappa shape index (κ1) is 16.5. The molecule has 0 bridgehead atoms. The van der Waals surface area contributed by atoms with Gasteiger partial charge in [-0.15, -0.1) is 0 Å².